The first kappa shape index (κ1) is 25.9. The lowest BCUT2D eigenvalue weighted by atomic mass is 9.95. The van der Waals surface area contributed by atoms with Crippen molar-refractivity contribution in [2.75, 3.05) is 13.2 Å². The molecule has 0 bridgehead atoms. The van der Waals surface area contributed by atoms with Crippen LogP contribution in [-0.2, 0) is 6.54 Å². The lowest BCUT2D eigenvalue weighted by Crippen LogP contribution is -2.31. The molecular weight excluding hydrogens is 526 g/mol. The quantitative estimate of drug-likeness (QED) is 0.272. The smallest absolute Gasteiger partial charge is 0.353 e. The molecular formula is C32H30N9O+. The van der Waals surface area contributed by atoms with Gasteiger partial charge in [0.15, 0.2) is 0 Å². The van der Waals surface area contributed by atoms with Gasteiger partial charge >= 0.3 is 5.82 Å². The molecule has 0 fully saturated rings. The van der Waals surface area contributed by atoms with Gasteiger partial charge in [-0.3, -0.25) is 4.98 Å². The zero-order chi connectivity index (χ0) is 28.7. The van der Waals surface area contributed by atoms with E-state index in [-0.39, 0.29) is 12.0 Å². The monoisotopic (exact) mass is 556 g/mol. The van der Waals surface area contributed by atoms with Crippen molar-refractivity contribution in [2.24, 2.45) is 5.41 Å². The lowest BCUT2D eigenvalue weighted by Gasteiger charge is -2.21. The normalized spacial score (nSPS) is 12.1. The summed E-state index contributed by atoms with van der Waals surface area (Å²) in [7, 11) is 0. The van der Waals surface area contributed by atoms with E-state index in [0.29, 0.717) is 24.0 Å². The van der Waals surface area contributed by atoms with Crippen LogP contribution in [0.15, 0.2) is 97.6 Å². The van der Waals surface area contributed by atoms with Gasteiger partial charge in [0, 0.05) is 49.3 Å². The van der Waals surface area contributed by atoms with Gasteiger partial charge in [-0.2, -0.15) is 9.38 Å². The Labute approximate surface area is 242 Å². The third kappa shape index (κ3) is 4.76. The van der Waals surface area contributed by atoms with E-state index in [1.807, 2.05) is 71.9 Å². The number of nitrogens with zero attached hydrogens (tertiary/aromatic N) is 8. The van der Waals surface area contributed by atoms with Crippen molar-refractivity contribution < 1.29 is 9.51 Å². The summed E-state index contributed by atoms with van der Waals surface area (Å²) in [6.07, 6.45) is 7.39. The van der Waals surface area contributed by atoms with Crippen LogP contribution >= 0.6 is 0 Å². The van der Waals surface area contributed by atoms with E-state index in [0.717, 1.165) is 45.5 Å². The van der Waals surface area contributed by atoms with Crippen LogP contribution in [0, 0.1) is 5.41 Å². The molecule has 0 spiro atoms. The molecule has 2 aromatic carbocycles. The first-order chi connectivity index (χ1) is 20.5. The molecule has 2 N–H and O–H groups in total. The van der Waals surface area contributed by atoms with Gasteiger partial charge < -0.3 is 10.4 Å². The summed E-state index contributed by atoms with van der Waals surface area (Å²) >= 11 is 0. The molecule has 7 rings (SSSR count). The van der Waals surface area contributed by atoms with Gasteiger partial charge in [0.25, 0.3) is 17.2 Å². The summed E-state index contributed by atoms with van der Waals surface area (Å²) in [4.78, 5) is 13.8. The van der Waals surface area contributed by atoms with Crippen molar-refractivity contribution >= 4 is 22.3 Å². The Morgan fingerprint density at radius 3 is 2.55 bits per heavy atom. The SMILES string of the molecule is CC(C)(CO)CNCc1ccc(-n2nc(-c3nc4ncccn4n3)[n+]3ccc4ncc(-c5ccccc5)cc4c23)cc1. The van der Waals surface area contributed by atoms with Crippen LogP contribution in [0.1, 0.15) is 19.4 Å². The molecule has 208 valence electrons. The average Bonchev–Trinajstić information content (AvgIpc) is 3.64. The number of hydrogen-bond acceptors (Lipinski definition) is 7. The summed E-state index contributed by atoms with van der Waals surface area (Å²) in [5, 5.41) is 23.7. The van der Waals surface area contributed by atoms with Crippen molar-refractivity contribution in [3.8, 4) is 28.5 Å². The van der Waals surface area contributed by atoms with Crippen molar-refractivity contribution in [1.29, 1.82) is 0 Å². The molecule has 0 radical (unpaired) electrons. The fourth-order valence-corrected chi connectivity index (χ4v) is 5.01. The molecule has 0 saturated heterocycles. The standard InChI is InChI=1S/C32H30N9O/c1-32(2,21-42)20-33-18-22-9-11-25(12-10-22)41-30-26-17-24(23-7-4-3-5-8-23)19-35-27(26)13-16-39(30)29(38-41)28-36-31-34-14-6-15-40(31)37-28/h3-17,19,33,42H,18,20-21H2,1-2H3/q+1. The van der Waals surface area contributed by atoms with E-state index in [1.165, 1.54) is 0 Å². The minimum absolute atomic E-state index is 0.136. The Morgan fingerprint density at radius 1 is 0.929 bits per heavy atom. The molecule has 42 heavy (non-hydrogen) atoms. The van der Waals surface area contributed by atoms with E-state index in [1.54, 1.807) is 10.7 Å². The highest BCUT2D eigenvalue weighted by Crippen LogP contribution is 2.27. The third-order valence-corrected chi connectivity index (χ3v) is 7.36. The number of aliphatic hydroxyl groups is 1. The Balaban J connectivity index is 1.37. The fourth-order valence-electron chi connectivity index (χ4n) is 5.01. The van der Waals surface area contributed by atoms with Crippen molar-refractivity contribution in [1.82, 2.24) is 39.7 Å². The predicted molar refractivity (Wildman–Crippen MR) is 160 cm³/mol. The second-order valence-electron chi connectivity index (χ2n) is 11.2. The van der Waals surface area contributed by atoms with Crippen molar-refractivity contribution in [2.45, 2.75) is 20.4 Å². The van der Waals surface area contributed by atoms with E-state index < -0.39 is 0 Å². The molecule has 10 nitrogen and oxygen atoms in total. The molecule has 0 amide bonds. The van der Waals surface area contributed by atoms with Crippen molar-refractivity contribution in [3.63, 3.8) is 0 Å². The fraction of sp³-hybridized carbons (Fsp3) is 0.188. The van der Waals surface area contributed by atoms with Crippen LogP contribution < -0.4 is 9.72 Å². The Kier molecular flexibility index (Phi) is 6.41. The molecule has 0 aliphatic heterocycles. The van der Waals surface area contributed by atoms with Crippen LogP contribution in [0.3, 0.4) is 0 Å². The summed E-state index contributed by atoms with van der Waals surface area (Å²) in [5.74, 6) is 1.58. The highest BCUT2D eigenvalue weighted by Gasteiger charge is 2.28. The van der Waals surface area contributed by atoms with Gasteiger partial charge in [0.2, 0.25) is 0 Å². The minimum atomic E-state index is -0.170. The van der Waals surface area contributed by atoms with Gasteiger partial charge in [-0.25, -0.2) is 9.50 Å². The molecule has 5 heterocycles. The largest absolute Gasteiger partial charge is 0.396 e. The molecule has 0 atom stereocenters. The zero-order valence-electron chi connectivity index (χ0n) is 23.4. The summed E-state index contributed by atoms with van der Waals surface area (Å²) in [6.45, 7) is 5.64. The molecule has 10 heteroatoms. The van der Waals surface area contributed by atoms with Crippen molar-refractivity contribution in [3.05, 3.63) is 103 Å². The Bertz CT molecular complexity index is 2000. The number of pyridine rings is 2. The minimum Gasteiger partial charge on any atom is -0.396 e. The number of hydrogen-bond donors (Lipinski definition) is 2. The number of benzene rings is 2. The summed E-state index contributed by atoms with van der Waals surface area (Å²) in [5.41, 5.74) is 5.70. The van der Waals surface area contributed by atoms with Crippen LogP contribution in [0.2, 0.25) is 0 Å². The van der Waals surface area contributed by atoms with Gasteiger partial charge in [0.05, 0.1) is 22.2 Å². The van der Waals surface area contributed by atoms with Gasteiger partial charge in [0.1, 0.15) is 5.69 Å². The lowest BCUT2D eigenvalue weighted by molar-refractivity contribution is -0.499. The molecule has 0 saturated carbocycles. The maximum atomic E-state index is 9.55. The maximum absolute atomic E-state index is 9.55. The Hall–Kier alpha value is -5.06. The first-order valence-corrected chi connectivity index (χ1v) is 13.9. The number of rotatable bonds is 8. The molecule has 5 aromatic heterocycles. The summed E-state index contributed by atoms with van der Waals surface area (Å²) in [6, 6.07) is 24.5. The van der Waals surface area contributed by atoms with Crippen LogP contribution in [-0.4, -0.2) is 52.6 Å². The number of aromatic nitrogens is 8. The second-order valence-corrected chi connectivity index (χ2v) is 11.2. The van der Waals surface area contributed by atoms with Gasteiger partial charge in [-0.15, -0.1) is 5.10 Å². The maximum Gasteiger partial charge on any atom is 0.353 e. The topological polar surface area (TPSA) is 110 Å². The predicted octanol–water partition coefficient (Wildman–Crippen LogP) is 4.04. The molecule has 0 aliphatic rings. The third-order valence-electron chi connectivity index (χ3n) is 7.36. The van der Waals surface area contributed by atoms with Gasteiger partial charge in [-0.05, 0) is 41.5 Å². The highest BCUT2D eigenvalue weighted by molar-refractivity contribution is 5.93. The van der Waals surface area contributed by atoms with Gasteiger partial charge in [-0.1, -0.05) is 61.0 Å². The molecule has 0 aliphatic carbocycles. The van der Waals surface area contributed by atoms with E-state index >= 15 is 0 Å². The van der Waals surface area contributed by atoms with E-state index in [4.69, 9.17) is 10.1 Å². The van der Waals surface area contributed by atoms with Crippen LogP contribution in [0.5, 0.6) is 0 Å². The average molecular weight is 557 g/mol. The van der Waals surface area contributed by atoms with Crippen LogP contribution in [0.4, 0.5) is 0 Å². The number of fused-ring (bicyclic) bond motifs is 4. The van der Waals surface area contributed by atoms with E-state index in [2.05, 4.69) is 62.8 Å². The molecule has 7 aromatic rings. The van der Waals surface area contributed by atoms with Crippen LogP contribution in [0.25, 0.3) is 50.8 Å². The number of nitrogens with one attached hydrogen (secondary N) is 1. The summed E-state index contributed by atoms with van der Waals surface area (Å²) < 4.78 is 5.59. The first-order valence-electron chi connectivity index (χ1n) is 13.9. The molecule has 0 unspecified atom stereocenters. The highest BCUT2D eigenvalue weighted by atomic mass is 16.3. The number of aliphatic hydroxyl groups excluding tert-OH is 1. The zero-order valence-corrected chi connectivity index (χ0v) is 23.4. The second kappa shape index (κ2) is 10.4. The van der Waals surface area contributed by atoms with E-state index in [9.17, 15) is 5.11 Å². The Morgan fingerprint density at radius 2 is 1.76 bits per heavy atom.